The molecule has 4 heteroatoms. The molecule has 1 saturated heterocycles. The van der Waals surface area contributed by atoms with Crippen molar-refractivity contribution >= 4 is 5.91 Å². The minimum atomic E-state index is -0.607. The zero-order valence-electron chi connectivity index (χ0n) is 15.0. The van der Waals surface area contributed by atoms with E-state index in [1.165, 1.54) is 0 Å². The first-order valence-electron chi connectivity index (χ1n) is 8.87. The lowest BCUT2D eigenvalue weighted by atomic mass is 10.0. The molecule has 4 nitrogen and oxygen atoms in total. The maximum absolute atomic E-state index is 13.3. The van der Waals surface area contributed by atoms with Gasteiger partial charge < -0.3 is 14.5 Å². The Hall–Kier alpha value is -2.33. The van der Waals surface area contributed by atoms with Crippen LogP contribution in [0.1, 0.15) is 24.5 Å². The van der Waals surface area contributed by atoms with Crippen LogP contribution in [0.2, 0.25) is 0 Å². The Labute approximate surface area is 150 Å². The summed E-state index contributed by atoms with van der Waals surface area (Å²) >= 11 is 0. The molecule has 1 fully saturated rings. The van der Waals surface area contributed by atoms with Gasteiger partial charge in [0.2, 0.25) is 6.10 Å². The van der Waals surface area contributed by atoms with Gasteiger partial charge in [0.15, 0.2) is 0 Å². The zero-order valence-corrected chi connectivity index (χ0v) is 15.0. The fourth-order valence-corrected chi connectivity index (χ4v) is 3.27. The van der Waals surface area contributed by atoms with Crippen LogP contribution in [0.15, 0.2) is 60.7 Å². The molecule has 0 bridgehead atoms. The van der Waals surface area contributed by atoms with Crippen molar-refractivity contribution in [3.05, 3.63) is 66.2 Å². The molecule has 25 heavy (non-hydrogen) atoms. The summed E-state index contributed by atoms with van der Waals surface area (Å²) in [6.45, 7) is 1.55. The Kier molecular flexibility index (Phi) is 5.71. The molecule has 2 atom stereocenters. The van der Waals surface area contributed by atoms with E-state index < -0.39 is 6.10 Å². The summed E-state index contributed by atoms with van der Waals surface area (Å²) in [5, 5.41) is 0. The van der Waals surface area contributed by atoms with Gasteiger partial charge in [-0.1, -0.05) is 48.5 Å². The summed E-state index contributed by atoms with van der Waals surface area (Å²) < 4.78 is 6.11. The lowest BCUT2D eigenvalue weighted by Gasteiger charge is -2.37. The number of carbonyl (C=O) groups is 1. The van der Waals surface area contributed by atoms with Crippen LogP contribution in [-0.2, 0) is 4.79 Å². The van der Waals surface area contributed by atoms with E-state index in [1.54, 1.807) is 0 Å². The van der Waals surface area contributed by atoms with Gasteiger partial charge in [-0.15, -0.1) is 0 Å². The molecular formula is C21H26N2O2. The number of benzene rings is 2. The summed E-state index contributed by atoms with van der Waals surface area (Å²) in [4.78, 5) is 17.4. The third-order valence-electron chi connectivity index (χ3n) is 4.76. The molecule has 0 saturated carbocycles. The standard InChI is InChI=1S/C21H26N2O2/c1-22(2)18-12-9-15-23(16-18)21(24)20(17-10-5-3-6-11-17)25-19-13-7-4-8-14-19/h3-8,10-11,13-14,18,20H,9,12,15-16H2,1-2H3. The van der Waals surface area contributed by atoms with Gasteiger partial charge in [0.25, 0.3) is 5.91 Å². The van der Waals surface area contributed by atoms with Gasteiger partial charge in [-0.05, 0) is 39.1 Å². The van der Waals surface area contributed by atoms with E-state index in [4.69, 9.17) is 4.74 Å². The van der Waals surface area contributed by atoms with Gasteiger partial charge in [-0.3, -0.25) is 4.79 Å². The first kappa shape index (κ1) is 17.5. The number of piperidine rings is 1. The molecule has 0 aliphatic carbocycles. The van der Waals surface area contributed by atoms with E-state index in [1.807, 2.05) is 65.6 Å². The Morgan fingerprint density at radius 1 is 1.08 bits per heavy atom. The van der Waals surface area contributed by atoms with Crippen molar-refractivity contribution in [2.45, 2.75) is 25.0 Å². The molecule has 2 aromatic rings. The molecule has 1 amide bonds. The van der Waals surface area contributed by atoms with Crippen LogP contribution in [-0.4, -0.2) is 48.9 Å². The fourth-order valence-electron chi connectivity index (χ4n) is 3.27. The highest BCUT2D eigenvalue weighted by molar-refractivity contribution is 5.83. The molecule has 0 spiro atoms. The Balaban J connectivity index is 1.82. The van der Waals surface area contributed by atoms with Crippen molar-refractivity contribution in [3.8, 4) is 5.75 Å². The van der Waals surface area contributed by atoms with Gasteiger partial charge >= 0.3 is 0 Å². The number of rotatable bonds is 5. The second kappa shape index (κ2) is 8.17. The predicted molar refractivity (Wildman–Crippen MR) is 99.5 cm³/mol. The topological polar surface area (TPSA) is 32.8 Å². The molecule has 0 radical (unpaired) electrons. The average molecular weight is 338 g/mol. The monoisotopic (exact) mass is 338 g/mol. The van der Waals surface area contributed by atoms with Crippen molar-refractivity contribution in [1.29, 1.82) is 0 Å². The van der Waals surface area contributed by atoms with E-state index in [-0.39, 0.29) is 5.91 Å². The van der Waals surface area contributed by atoms with Gasteiger partial charge in [-0.2, -0.15) is 0 Å². The summed E-state index contributed by atoms with van der Waals surface area (Å²) in [6.07, 6.45) is 1.55. The van der Waals surface area contributed by atoms with Crippen molar-refractivity contribution < 1.29 is 9.53 Å². The second-order valence-corrected chi connectivity index (χ2v) is 6.77. The minimum Gasteiger partial charge on any atom is -0.476 e. The van der Waals surface area contributed by atoms with E-state index in [9.17, 15) is 4.79 Å². The molecule has 2 unspecified atom stereocenters. The van der Waals surface area contributed by atoms with E-state index in [0.29, 0.717) is 11.8 Å². The average Bonchev–Trinajstić information content (AvgIpc) is 2.67. The maximum Gasteiger partial charge on any atom is 0.268 e. The maximum atomic E-state index is 13.3. The molecule has 1 heterocycles. The number of nitrogens with zero attached hydrogens (tertiary/aromatic N) is 2. The Bertz CT molecular complexity index is 673. The van der Waals surface area contributed by atoms with Gasteiger partial charge in [0.05, 0.1) is 0 Å². The second-order valence-electron chi connectivity index (χ2n) is 6.77. The van der Waals surface area contributed by atoms with Crippen molar-refractivity contribution in [2.24, 2.45) is 0 Å². The number of para-hydroxylation sites is 1. The smallest absolute Gasteiger partial charge is 0.268 e. The molecule has 0 N–H and O–H groups in total. The highest BCUT2D eigenvalue weighted by atomic mass is 16.5. The number of amides is 1. The Morgan fingerprint density at radius 2 is 1.72 bits per heavy atom. The minimum absolute atomic E-state index is 0.0432. The van der Waals surface area contributed by atoms with Crippen LogP contribution in [0.4, 0.5) is 0 Å². The van der Waals surface area contributed by atoms with Crippen LogP contribution in [0.5, 0.6) is 5.75 Å². The summed E-state index contributed by atoms with van der Waals surface area (Å²) in [7, 11) is 4.15. The highest BCUT2D eigenvalue weighted by Crippen LogP contribution is 2.26. The summed E-state index contributed by atoms with van der Waals surface area (Å²) in [6, 6.07) is 19.7. The number of ether oxygens (including phenoxy) is 1. The predicted octanol–water partition coefficient (Wildman–Crippen LogP) is 3.36. The number of likely N-dealkylation sites (N-methyl/N-ethyl adjacent to an activating group) is 1. The van der Waals surface area contributed by atoms with E-state index >= 15 is 0 Å². The van der Waals surface area contributed by atoms with Crippen molar-refractivity contribution in [3.63, 3.8) is 0 Å². The van der Waals surface area contributed by atoms with Crippen LogP contribution in [0.3, 0.4) is 0 Å². The molecule has 132 valence electrons. The molecule has 2 aromatic carbocycles. The zero-order chi connectivity index (χ0) is 17.6. The number of likely N-dealkylation sites (tertiary alicyclic amines) is 1. The first-order valence-corrected chi connectivity index (χ1v) is 8.87. The quantitative estimate of drug-likeness (QED) is 0.838. The fraction of sp³-hybridized carbons (Fsp3) is 0.381. The SMILES string of the molecule is CN(C)C1CCCN(C(=O)C(Oc2ccccc2)c2ccccc2)C1. The molecular weight excluding hydrogens is 312 g/mol. The highest BCUT2D eigenvalue weighted by Gasteiger charge is 2.31. The lowest BCUT2D eigenvalue weighted by Crippen LogP contribution is -2.49. The first-order chi connectivity index (χ1) is 12.1. The molecule has 1 aliphatic heterocycles. The van der Waals surface area contributed by atoms with Crippen LogP contribution < -0.4 is 4.74 Å². The third-order valence-corrected chi connectivity index (χ3v) is 4.76. The van der Waals surface area contributed by atoms with Crippen molar-refractivity contribution in [2.75, 3.05) is 27.2 Å². The molecule has 1 aliphatic rings. The lowest BCUT2D eigenvalue weighted by molar-refractivity contribution is -0.141. The summed E-state index contributed by atoms with van der Waals surface area (Å²) in [5.74, 6) is 0.757. The molecule has 3 rings (SSSR count). The van der Waals surface area contributed by atoms with Crippen LogP contribution in [0, 0.1) is 0 Å². The largest absolute Gasteiger partial charge is 0.476 e. The van der Waals surface area contributed by atoms with Gasteiger partial charge in [0, 0.05) is 24.7 Å². The van der Waals surface area contributed by atoms with Crippen LogP contribution >= 0.6 is 0 Å². The van der Waals surface area contributed by atoms with Crippen molar-refractivity contribution in [1.82, 2.24) is 9.80 Å². The third kappa shape index (κ3) is 4.40. The normalized spacial score (nSPS) is 18.8. The Morgan fingerprint density at radius 3 is 2.36 bits per heavy atom. The van der Waals surface area contributed by atoms with Gasteiger partial charge in [0.1, 0.15) is 5.75 Å². The number of hydrogen-bond donors (Lipinski definition) is 0. The van der Waals surface area contributed by atoms with E-state index in [2.05, 4.69) is 19.0 Å². The summed E-state index contributed by atoms with van der Waals surface area (Å²) in [5.41, 5.74) is 0.892. The van der Waals surface area contributed by atoms with Crippen LogP contribution in [0.25, 0.3) is 0 Å². The number of hydrogen-bond acceptors (Lipinski definition) is 3. The molecule has 0 aromatic heterocycles. The van der Waals surface area contributed by atoms with Gasteiger partial charge in [-0.25, -0.2) is 0 Å². The number of carbonyl (C=O) groups excluding carboxylic acids is 1. The van der Waals surface area contributed by atoms with E-state index in [0.717, 1.165) is 31.5 Å².